The summed E-state index contributed by atoms with van der Waals surface area (Å²) in [5.74, 6) is -1.34. The fourth-order valence-electron chi connectivity index (χ4n) is 3.21. The number of amides is 1. The van der Waals surface area contributed by atoms with E-state index in [1.165, 1.54) is 0 Å². The first-order valence-electron chi connectivity index (χ1n) is 8.01. The van der Waals surface area contributed by atoms with Crippen molar-refractivity contribution in [3.05, 3.63) is 29.1 Å². The molecule has 1 amide bonds. The summed E-state index contributed by atoms with van der Waals surface area (Å²) in [6.45, 7) is 12.1. The van der Waals surface area contributed by atoms with Gasteiger partial charge in [-0.2, -0.15) is 0 Å². The van der Waals surface area contributed by atoms with E-state index in [9.17, 15) is 14.7 Å². The van der Waals surface area contributed by atoms with Crippen LogP contribution in [0.3, 0.4) is 0 Å². The van der Waals surface area contributed by atoms with E-state index in [-0.39, 0.29) is 10.9 Å². The van der Waals surface area contributed by atoms with Gasteiger partial charge in [-0.3, -0.25) is 9.78 Å². The van der Waals surface area contributed by atoms with Crippen LogP contribution in [0.25, 0.3) is 0 Å². The summed E-state index contributed by atoms with van der Waals surface area (Å²) in [7, 11) is -1.65. The number of hydrogen-bond donors (Lipinski definition) is 1. The Hall–Kier alpha value is -1.69. The van der Waals surface area contributed by atoms with Gasteiger partial charge in [-0.05, 0) is 43.0 Å². The quantitative estimate of drug-likeness (QED) is 0.677. The highest BCUT2D eigenvalue weighted by Crippen LogP contribution is 2.38. The van der Waals surface area contributed by atoms with Gasteiger partial charge < -0.3 is 9.67 Å². The first kappa shape index (κ1) is 17.7. The van der Waals surface area contributed by atoms with Crippen LogP contribution in [0.4, 0.5) is 0 Å². The molecule has 1 aliphatic heterocycles. The molecule has 2 rings (SSSR count). The Labute approximate surface area is 139 Å². The SMILES string of the molecule is Cc1cc(C[C@H]2C(=O)N([SiH](C)C(C)(C)C)[C@@H]2C(=O)O)cc(C)n1. The molecule has 1 saturated heterocycles. The third-order valence-corrected chi connectivity index (χ3v) is 8.69. The van der Waals surface area contributed by atoms with Crippen LogP contribution in [0, 0.1) is 19.8 Å². The molecule has 1 aromatic heterocycles. The summed E-state index contributed by atoms with van der Waals surface area (Å²) < 4.78 is 1.67. The number of carbonyl (C=O) groups is 2. The molecule has 5 nitrogen and oxygen atoms in total. The van der Waals surface area contributed by atoms with E-state index in [1.807, 2.05) is 26.0 Å². The van der Waals surface area contributed by atoms with E-state index < -0.39 is 26.9 Å². The molecule has 0 saturated carbocycles. The second-order valence-electron chi connectivity index (χ2n) is 7.64. The van der Waals surface area contributed by atoms with Crippen LogP contribution in [-0.2, 0) is 16.0 Å². The van der Waals surface area contributed by atoms with Crippen molar-refractivity contribution in [1.29, 1.82) is 0 Å². The number of pyridine rings is 1. The molecule has 126 valence electrons. The van der Waals surface area contributed by atoms with Gasteiger partial charge in [0.1, 0.15) is 15.0 Å². The van der Waals surface area contributed by atoms with Crippen molar-refractivity contribution >= 4 is 20.8 Å². The molecule has 3 atom stereocenters. The molecule has 1 N–H and O–H groups in total. The number of aliphatic carboxylic acids is 1. The lowest BCUT2D eigenvalue weighted by molar-refractivity contribution is -0.163. The second kappa shape index (κ2) is 6.07. The Bertz CT molecular complexity index is 619. The van der Waals surface area contributed by atoms with Gasteiger partial charge >= 0.3 is 5.97 Å². The number of β-lactam (4-membered cyclic amide) rings is 1. The topological polar surface area (TPSA) is 70.5 Å². The van der Waals surface area contributed by atoms with Gasteiger partial charge in [-0.15, -0.1) is 0 Å². The maximum absolute atomic E-state index is 12.6. The van der Waals surface area contributed by atoms with Crippen molar-refractivity contribution in [2.75, 3.05) is 0 Å². The maximum Gasteiger partial charge on any atom is 0.326 e. The Morgan fingerprint density at radius 1 is 1.30 bits per heavy atom. The fraction of sp³-hybridized carbons (Fsp3) is 0.588. The standard InChI is InChI=1S/C17H26N2O3Si/c1-10-7-12(8-11(2)18-10)9-13-14(16(21)22)19(15(13)20)23(6)17(3,4)5/h7-8,13-14,23H,9H2,1-6H3,(H,21,22)/t13-,14+,23?/m1/s1. The average Bonchev–Trinajstić information content (AvgIpc) is 2.38. The highest BCUT2D eigenvalue weighted by atomic mass is 28.3. The molecule has 1 aromatic rings. The molecule has 1 unspecified atom stereocenters. The fourth-order valence-corrected chi connectivity index (χ4v) is 5.43. The number of aryl methyl sites for hydroxylation is 2. The minimum atomic E-state index is -1.65. The monoisotopic (exact) mass is 334 g/mol. The summed E-state index contributed by atoms with van der Waals surface area (Å²) in [4.78, 5) is 28.7. The van der Waals surface area contributed by atoms with Gasteiger partial charge in [0.15, 0.2) is 0 Å². The van der Waals surface area contributed by atoms with Gasteiger partial charge in [0.25, 0.3) is 0 Å². The van der Waals surface area contributed by atoms with E-state index in [2.05, 4.69) is 32.3 Å². The smallest absolute Gasteiger partial charge is 0.326 e. The summed E-state index contributed by atoms with van der Waals surface area (Å²) in [6.07, 6.45) is 0.474. The van der Waals surface area contributed by atoms with Crippen LogP contribution in [-0.4, -0.2) is 41.5 Å². The number of carboxylic acids is 1. The van der Waals surface area contributed by atoms with Crippen molar-refractivity contribution in [3.63, 3.8) is 0 Å². The van der Waals surface area contributed by atoms with E-state index in [0.29, 0.717) is 6.42 Å². The summed E-state index contributed by atoms with van der Waals surface area (Å²) >= 11 is 0. The zero-order valence-corrected chi connectivity index (χ0v) is 15.9. The predicted molar refractivity (Wildman–Crippen MR) is 91.9 cm³/mol. The van der Waals surface area contributed by atoms with Crippen LogP contribution in [0.1, 0.15) is 37.7 Å². The molecule has 1 fully saturated rings. The van der Waals surface area contributed by atoms with Crippen LogP contribution in [0.15, 0.2) is 12.1 Å². The van der Waals surface area contributed by atoms with Gasteiger partial charge in [0, 0.05) is 11.4 Å². The number of nitrogens with zero attached hydrogens (tertiary/aromatic N) is 2. The molecular formula is C17H26N2O3Si. The van der Waals surface area contributed by atoms with Crippen molar-refractivity contribution in [2.45, 2.75) is 58.7 Å². The van der Waals surface area contributed by atoms with Crippen LogP contribution < -0.4 is 0 Å². The molecule has 6 heteroatoms. The highest BCUT2D eigenvalue weighted by molar-refractivity contribution is 6.61. The number of aromatic nitrogens is 1. The number of hydrogen-bond acceptors (Lipinski definition) is 3. The van der Waals surface area contributed by atoms with Gasteiger partial charge in [0.05, 0.1) is 5.92 Å². The molecule has 0 spiro atoms. The molecule has 0 aromatic carbocycles. The third-order valence-electron chi connectivity index (χ3n) is 4.77. The summed E-state index contributed by atoms with van der Waals surface area (Å²) in [5, 5.41) is 9.59. The molecule has 2 heterocycles. The lowest BCUT2D eigenvalue weighted by Gasteiger charge is -2.51. The van der Waals surface area contributed by atoms with E-state index in [4.69, 9.17) is 0 Å². The Morgan fingerprint density at radius 2 is 1.83 bits per heavy atom. The lowest BCUT2D eigenvalue weighted by atomic mass is 9.84. The molecule has 23 heavy (non-hydrogen) atoms. The number of rotatable bonds is 4. The number of carbonyl (C=O) groups excluding carboxylic acids is 1. The predicted octanol–water partition coefficient (Wildman–Crippen LogP) is 2.31. The van der Waals surface area contributed by atoms with Gasteiger partial charge in [-0.25, -0.2) is 4.79 Å². The maximum atomic E-state index is 12.6. The minimum absolute atomic E-state index is 0.00129. The van der Waals surface area contributed by atoms with Crippen molar-refractivity contribution < 1.29 is 14.7 Å². The van der Waals surface area contributed by atoms with E-state index in [1.54, 1.807) is 4.57 Å². The molecule has 0 radical (unpaired) electrons. The molecule has 0 bridgehead atoms. The van der Waals surface area contributed by atoms with Gasteiger partial charge in [0.2, 0.25) is 5.91 Å². The third kappa shape index (κ3) is 3.47. The van der Waals surface area contributed by atoms with E-state index >= 15 is 0 Å². The first-order chi connectivity index (χ1) is 10.5. The zero-order valence-electron chi connectivity index (χ0n) is 14.8. The van der Waals surface area contributed by atoms with Crippen molar-refractivity contribution in [1.82, 2.24) is 9.55 Å². The number of carboxylic acid groups (broad SMARTS) is 1. The summed E-state index contributed by atoms with van der Waals surface area (Å²) in [5.41, 5.74) is 2.78. The normalized spacial score (nSPS) is 22.7. The van der Waals surface area contributed by atoms with Crippen LogP contribution in [0.2, 0.25) is 11.6 Å². The van der Waals surface area contributed by atoms with Crippen molar-refractivity contribution in [3.8, 4) is 0 Å². The Morgan fingerprint density at radius 3 is 2.26 bits per heavy atom. The van der Waals surface area contributed by atoms with Crippen molar-refractivity contribution in [2.24, 2.45) is 5.92 Å². The zero-order chi connectivity index (χ0) is 17.5. The van der Waals surface area contributed by atoms with Crippen LogP contribution in [0.5, 0.6) is 0 Å². The van der Waals surface area contributed by atoms with Gasteiger partial charge in [-0.1, -0.05) is 27.3 Å². The lowest BCUT2D eigenvalue weighted by Crippen LogP contribution is -2.70. The molecule has 0 aliphatic carbocycles. The largest absolute Gasteiger partial charge is 0.480 e. The minimum Gasteiger partial charge on any atom is -0.480 e. The molecular weight excluding hydrogens is 308 g/mol. The Balaban J connectivity index is 2.23. The highest BCUT2D eigenvalue weighted by Gasteiger charge is 2.54. The summed E-state index contributed by atoms with van der Waals surface area (Å²) in [6, 6.07) is 3.19. The molecule has 1 aliphatic rings. The van der Waals surface area contributed by atoms with Crippen LogP contribution >= 0.6 is 0 Å². The average molecular weight is 334 g/mol. The first-order valence-corrected chi connectivity index (χ1v) is 10.3. The van der Waals surface area contributed by atoms with E-state index in [0.717, 1.165) is 17.0 Å². The Kier molecular flexibility index (Phi) is 4.66. The second-order valence-corrected chi connectivity index (χ2v) is 11.3.